The molecule has 4 heteroatoms. The Morgan fingerprint density at radius 3 is 2.81 bits per heavy atom. The van der Waals surface area contributed by atoms with Crippen LogP contribution in [0.5, 0.6) is 5.75 Å². The van der Waals surface area contributed by atoms with Gasteiger partial charge in [0.05, 0.1) is 19.1 Å². The van der Waals surface area contributed by atoms with E-state index >= 15 is 0 Å². The Balaban J connectivity index is 2.57. The maximum absolute atomic E-state index is 10.7. The number of aromatic nitrogens is 2. The molecule has 0 aliphatic heterocycles. The zero-order valence-corrected chi connectivity index (χ0v) is 9.18. The molecule has 0 amide bonds. The van der Waals surface area contributed by atoms with Gasteiger partial charge in [0.2, 0.25) is 0 Å². The number of rotatable bonds is 3. The van der Waals surface area contributed by atoms with Gasteiger partial charge in [-0.05, 0) is 25.1 Å². The quantitative estimate of drug-likeness (QED) is 0.737. The predicted octanol–water partition coefficient (Wildman–Crippen LogP) is 2.00. The molecule has 82 valence electrons. The number of imidazole rings is 1. The van der Waals surface area contributed by atoms with Gasteiger partial charge in [0, 0.05) is 17.5 Å². The Hall–Kier alpha value is -2.10. The highest BCUT2D eigenvalue weighted by Crippen LogP contribution is 2.24. The first kappa shape index (κ1) is 10.4. The Morgan fingerprint density at radius 2 is 2.25 bits per heavy atom. The van der Waals surface area contributed by atoms with Gasteiger partial charge in [-0.2, -0.15) is 0 Å². The predicted molar refractivity (Wildman–Crippen MR) is 60.2 cm³/mol. The van der Waals surface area contributed by atoms with E-state index in [1.165, 1.54) is 0 Å². The highest BCUT2D eigenvalue weighted by atomic mass is 16.5. The number of nitrogens with zero attached hydrogens (tertiary/aromatic N) is 2. The van der Waals surface area contributed by atoms with Crippen LogP contribution in [0.1, 0.15) is 16.1 Å². The third-order valence-corrected chi connectivity index (χ3v) is 2.42. The highest BCUT2D eigenvalue weighted by molar-refractivity contribution is 5.76. The van der Waals surface area contributed by atoms with Gasteiger partial charge in [0.1, 0.15) is 12.0 Å². The van der Waals surface area contributed by atoms with Gasteiger partial charge >= 0.3 is 0 Å². The van der Waals surface area contributed by atoms with Crippen molar-refractivity contribution in [1.29, 1.82) is 0 Å². The van der Waals surface area contributed by atoms with Crippen LogP contribution in [0.2, 0.25) is 0 Å². The van der Waals surface area contributed by atoms with Crippen LogP contribution in [0.25, 0.3) is 5.69 Å². The number of hydrogen-bond donors (Lipinski definition) is 0. The van der Waals surface area contributed by atoms with Crippen LogP contribution in [0.4, 0.5) is 0 Å². The molecule has 0 fully saturated rings. The fourth-order valence-corrected chi connectivity index (χ4v) is 1.58. The largest absolute Gasteiger partial charge is 0.495 e. The average molecular weight is 216 g/mol. The van der Waals surface area contributed by atoms with E-state index < -0.39 is 0 Å². The number of ether oxygens (including phenoxy) is 1. The standard InChI is InChI=1S/C12H12N2O2/c1-9-6-13-8-14(9)11-4-3-10(7-15)5-12(11)16-2/h3-8H,1-2H3. The van der Waals surface area contributed by atoms with Crippen molar-refractivity contribution < 1.29 is 9.53 Å². The minimum atomic E-state index is 0.596. The molecule has 0 spiro atoms. The average Bonchev–Trinajstić information content (AvgIpc) is 2.74. The summed E-state index contributed by atoms with van der Waals surface area (Å²) in [6.45, 7) is 1.96. The number of aryl methyl sites for hydroxylation is 1. The molecule has 16 heavy (non-hydrogen) atoms. The third-order valence-electron chi connectivity index (χ3n) is 2.42. The summed E-state index contributed by atoms with van der Waals surface area (Å²) in [6, 6.07) is 5.31. The number of carbonyl (C=O) groups is 1. The molecule has 0 radical (unpaired) electrons. The second-order valence-corrected chi connectivity index (χ2v) is 3.45. The van der Waals surface area contributed by atoms with Crippen LogP contribution in [-0.4, -0.2) is 22.9 Å². The molecule has 4 nitrogen and oxygen atoms in total. The van der Waals surface area contributed by atoms with E-state index in [0.29, 0.717) is 11.3 Å². The van der Waals surface area contributed by atoms with Crippen LogP contribution in [-0.2, 0) is 0 Å². The number of hydrogen-bond acceptors (Lipinski definition) is 3. The van der Waals surface area contributed by atoms with Gasteiger partial charge in [-0.15, -0.1) is 0 Å². The van der Waals surface area contributed by atoms with E-state index in [9.17, 15) is 4.79 Å². The summed E-state index contributed by atoms with van der Waals surface area (Å²) in [6.07, 6.45) is 4.29. The van der Waals surface area contributed by atoms with E-state index in [-0.39, 0.29) is 0 Å². The first-order valence-corrected chi connectivity index (χ1v) is 4.89. The van der Waals surface area contributed by atoms with Crippen LogP contribution < -0.4 is 4.74 Å². The van der Waals surface area contributed by atoms with Crippen LogP contribution in [0.3, 0.4) is 0 Å². The summed E-state index contributed by atoms with van der Waals surface area (Å²) in [5.41, 5.74) is 2.48. The van der Waals surface area contributed by atoms with Gasteiger partial charge in [0.15, 0.2) is 0 Å². The lowest BCUT2D eigenvalue weighted by atomic mass is 10.2. The topological polar surface area (TPSA) is 44.1 Å². The number of benzene rings is 1. The van der Waals surface area contributed by atoms with Gasteiger partial charge in [-0.25, -0.2) is 4.98 Å². The zero-order valence-electron chi connectivity index (χ0n) is 9.18. The molecule has 2 aromatic rings. The summed E-state index contributed by atoms with van der Waals surface area (Å²) in [5.74, 6) is 0.658. The first-order chi connectivity index (χ1) is 7.76. The second-order valence-electron chi connectivity index (χ2n) is 3.45. The molecule has 0 aliphatic rings. The number of aldehydes is 1. The van der Waals surface area contributed by atoms with E-state index in [1.54, 1.807) is 31.8 Å². The van der Waals surface area contributed by atoms with Crippen LogP contribution in [0.15, 0.2) is 30.7 Å². The lowest BCUT2D eigenvalue weighted by Gasteiger charge is -2.11. The molecule has 0 saturated carbocycles. The molecule has 0 aliphatic carbocycles. The minimum absolute atomic E-state index is 0.596. The first-order valence-electron chi connectivity index (χ1n) is 4.89. The van der Waals surface area contributed by atoms with E-state index in [4.69, 9.17) is 4.74 Å². The smallest absolute Gasteiger partial charge is 0.150 e. The Bertz CT molecular complexity index is 517. The summed E-state index contributed by atoms with van der Waals surface area (Å²) in [5, 5.41) is 0. The van der Waals surface area contributed by atoms with Crippen molar-refractivity contribution in [1.82, 2.24) is 9.55 Å². The van der Waals surface area contributed by atoms with Gasteiger partial charge < -0.3 is 4.74 Å². The van der Waals surface area contributed by atoms with Crippen molar-refractivity contribution in [2.45, 2.75) is 6.92 Å². The Kier molecular flexibility index (Phi) is 2.72. The van der Waals surface area contributed by atoms with Crippen molar-refractivity contribution in [2.75, 3.05) is 7.11 Å². The lowest BCUT2D eigenvalue weighted by molar-refractivity contribution is 0.112. The summed E-state index contributed by atoms with van der Waals surface area (Å²) in [4.78, 5) is 14.7. The Labute approximate surface area is 93.5 Å². The van der Waals surface area contributed by atoms with Crippen LogP contribution in [0, 0.1) is 6.92 Å². The molecule has 0 atom stereocenters. The molecule has 1 aromatic carbocycles. The SMILES string of the molecule is COc1cc(C=O)ccc1-n1cncc1C. The fourth-order valence-electron chi connectivity index (χ4n) is 1.58. The van der Waals surface area contributed by atoms with Crippen molar-refractivity contribution >= 4 is 6.29 Å². The van der Waals surface area contributed by atoms with Gasteiger partial charge in [-0.1, -0.05) is 0 Å². The van der Waals surface area contributed by atoms with Crippen molar-refractivity contribution in [2.24, 2.45) is 0 Å². The molecule has 1 heterocycles. The summed E-state index contributed by atoms with van der Waals surface area (Å²) < 4.78 is 7.17. The van der Waals surface area contributed by atoms with E-state index in [0.717, 1.165) is 17.7 Å². The maximum Gasteiger partial charge on any atom is 0.150 e. The zero-order chi connectivity index (χ0) is 11.5. The highest BCUT2D eigenvalue weighted by Gasteiger charge is 2.07. The van der Waals surface area contributed by atoms with E-state index in [2.05, 4.69) is 4.98 Å². The van der Waals surface area contributed by atoms with Crippen molar-refractivity contribution in [3.63, 3.8) is 0 Å². The van der Waals surface area contributed by atoms with Crippen molar-refractivity contribution in [3.05, 3.63) is 42.0 Å². The van der Waals surface area contributed by atoms with Gasteiger partial charge in [0.25, 0.3) is 0 Å². The van der Waals surface area contributed by atoms with Crippen LogP contribution >= 0.6 is 0 Å². The minimum Gasteiger partial charge on any atom is -0.495 e. The van der Waals surface area contributed by atoms with Gasteiger partial charge in [-0.3, -0.25) is 9.36 Å². The summed E-state index contributed by atoms with van der Waals surface area (Å²) in [7, 11) is 1.58. The molecule has 0 N–H and O–H groups in total. The molecular weight excluding hydrogens is 204 g/mol. The van der Waals surface area contributed by atoms with E-state index in [1.807, 2.05) is 17.6 Å². The molecule has 0 saturated heterocycles. The van der Waals surface area contributed by atoms with Crippen molar-refractivity contribution in [3.8, 4) is 11.4 Å². The normalized spacial score (nSPS) is 10.1. The lowest BCUT2D eigenvalue weighted by Crippen LogP contribution is -1.99. The molecule has 0 unspecified atom stereocenters. The summed E-state index contributed by atoms with van der Waals surface area (Å²) >= 11 is 0. The maximum atomic E-state index is 10.7. The Morgan fingerprint density at radius 1 is 1.44 bits per heavy atom. The fraction of sp³-hybridized carbons (Fsp3) is 0.167. The molecule has 1 aromatic heterocycles. The molecular formula is C12H12N2O2. The number of methoxy groups -OCH3 is 1. The third kappa shape index (κ3) is 1.69. The number of carbonyl (C=O) groups excluding carboxylic acids is 1. The molecule has 0 bridgehead atoms. The second kappa shape index (κ2) is 4.18. The monoisotopic (exact) mass is 216 g/mol. The molecule has 2 rings (SSSR count).